The van der Waals surface area contributed by atoms with E-state index in [4.69, 9.17) is 9.47 Å². The molecule has 1 saturated heterocycles. The molecule has 2 aliphatic carbocycles. The van der Waals surface area contributed by atoms with Gasteiger partial charge in [0.15, 0.2) is 0 Å². The molecule has 4 heteroatoms. The number of fused-ring (bicyclic) bond motifs is 2. The van der Waals surface area contributed by atoms with E-state index in [1.54, 1.807) is 0 Å². The van der Waals surface area contributed by atoms with Gasteiger partial charge in [-0.1, -0.05) is 20.8 Å². The predicted molar refractivity (Wildman–Crippen MR) is 86.8 cm³/mol. The average Bonchev–Trinajstić information content (AvgIpc) is 3.10. The van der Waals surface area contributed by atoms with Gasteiger partial charge in [0.05, 0.1) is 25.4 Å². The molecule has 0 unspecified atom stereocenters. The molecule has 3 rings (SSSR count). The Morgan fingerprint density at radius 2 is 2.14 bits per heavy atom. The molecule has 0 aromatic carbocycles. The third kappa shape index (κ3) is 2.95. The number of rotatable bonds is 7. The van der Waals surface area contributed by atoms with Crippen LogP contribution in [0, 0.1) is 16.7 Å². The van der Waals surface area contributed by atoms with Crippen LogP contribution in [0.25, 0.3) is 0 Å². The molecule has 3 fully saturated rings. The summed E-state index contributed by atoms with van der Waals surface area (Å²) in [5.74, 6) is 0.836. The predicted octanol–water partition coefficient (Wildman–Crippen LogP) is 2.35. The van der Waals surface area contributed by atoms with Gasteiger partial charge in [-0.3, -0.25) is 0 Å². The summed E-state index contributed by atoms with van der Waals surface area (Å²) in [5, 5.41) is 13.8. The van der Waals surface area contributed by atoms with E-state index in [-0.39, 0.29) is 6.10 Å². The fourth-order valence-corrected chi connectivity index (χ4v) is 4.96. The molecule has 2 bridgehead atoms. The Labute approximate surface area is 134 Å². The van der Waals surface area contributed by atoms with E-state index in [9.17, 15) is 5.11 Å². The van der Waals surface area contributed by atoms with Crippen LogP contribution >= 0.6 is 0 Å². The van der Waals surface area contributed by atoms with Crippen molar-refractivity contribution in [1.82, 2.24) is 5.32 Å². The molecule has 2 N–H and O–H groups in total. The summed E-state index contributed by atoms with van der Waals surface area (Å²) < 4.78 is 11.1. The van der Waals surface area contributed by atoms with Crippen LogP contribution in [-0.2, 0) is 9.47 Å². The Morgan fingerprint density at radius 3 is 2.73 bits per heavy atom. The van der Waals surface area contributed by atoms with Crippen molar-refractivity contribution in [3.63, 3.8) is 0 Å². The van der Waals surface area contributed by atoms with Gasteiger partial charge in [0, 0.05) is 19.2 Å². The summed E-state index contributed by atoms with van der Waals surface area (Å²) in [5.41, 5.74) is 0.794. The third-order valence-electron chi connectivity index (χ3n) is 7.03. The van der Waals surface area contributed by atoms with Crippen molar-refractivity contribution < 1.29 is 14.6 Å². The Hall–Kier alpha value is -0.160. The van der Waals surface area contributed by atoms with E-state index in [0.717, 1.165) is 25.4 Å². The first-order valence-corrected chi connectivity index (χ1v) is 9.04. The summed E-state index contributed by atoms with van der Waals surface area (Å²) in [4.78, 5) is 0. The van der Waals surface area contributed by atoms with Crippen LogP contribution in [0.4, 0.5) is 0 Å². The van der Waals surface area contributed by atoms with Crippen LogP contribution in [0.3, 0.4) is 0 Å². The molecule has 128 valence electrons. The lowest BCUT2D eigenvalue weighted by Gasteiger charge is -2.40. The third-order valence-corrected chi connectivity index (χ3v) is 7.03. The fourth-order valence-electron chi connectivity index (χ4n) is 4.96. The number of ether oxygens (including phenoxy) is 2. The van der Waals surface area contributed by atoms with Gasteiger partial charge in [0.2, 0.25) is 0 Å². The first-order valence-electron chi connectivity index (χ1n) is 9.04. The minimum Gasteiger partial charge on any atom is -0.389 e. The van der Waals surface area contributed by atoms with Gasteiger partial charge in [-0.25, -0.2) is 0 Å². The molecule has 4 nitrogen and oxygen atoms in total. The van der Waals surface area contributed by atoms with E-state index < -0.39 is 6.10 Å². The summed E-state index contributed by atoms with van der Waals surface area (Å²) in [7, 11) is 0. The molecule has 0 spiro atoms. The van der Waals surface area contributed by atoms with Gasteiger partial charge < -0.3 is 19.9 Å². The summed E-state index contributed by atoms with van der Waals surface area (Å²) >= 11 is 0. The van der Waals surface area contributed by atoms with E-state index in [0.29, 0.717) is 36.6 Å². The van der Waals surface area contributed by atoms with Crippen LogP contribution in [0.15, 0.2) is 0 Å². The van der Waals surface area contributed by atoms with Crippen LogP contribution in [0.1, 0.15) is 52.9 Å². The highest BCUT2D eigenvalue weighted by Crippen LogP contribution is 2.65. The second-order valence-electron chi connectivity index (χ2n) is 8.40. The first-order chi connectivity index (χ1) is 10.4. The lowest BCUT2D eigenvalue weighted by molar-refractivity contribution is -0.0183. The highest BCUT2D eigenvalue weighted by molar-refractivity contribution is 5.13. The molecule has 22 heavy (non-hydrogen) atoms. The average molecular weight is 311 g/mol. The van der Waals surface area contributed by atoms with Crippen molar-refractivity contribution in [3.05, 3.63) is 0 Å². The molecule has 1 heterocycles. The van der Waals surface area contributed by atoms with Crippen molar-refractivity contribution in [3.8, 4) is 0 Å². The van der Waals surface area contributed by atoms with Gasteiger partial charge >= 0.3 is 0 Å². The fraction of sp³-hybridized carbons (Fsp3) is 1.00. The topological polar surface area (TPSA) is 50.7 Å². The summed E-state index contributed by atoms with van der Waals surface area (Å²) in [6, 6.07) is 0.536. The molecule has 0 aromatic heterocycles. The zero-order valence-corrected chi connectivity index (χ0v) is 14.4. The molecular formula is C18H33NO3. The van der Waals surface area contributed by atoms with Crippen molar-refractivity contribution in [2.75, 3.05) is 26.4 Å². The standard InChI is InChI=1S/C18H33NO3/c1-17(2)13-6-7-18(17,3)16(9-13)19-10-14(20)11-21-12-15-5-4-8-22-15/h13-16,19-20H,4-12H2,1-3H3/t13-,14-,15+,16+,18+/m0/s1. The Kier molecular flexibility index (Phi) is 4.84. The van der Waals surface area contributed by atoms with Crippen LogP contribution in [-0.4, -0.2) is 49.7 Å². The zero-order valence-electron chi connectivity index (χ0n) is 14.4. The normalized spacial score (nSPS) is 41.2. The SMILES string of the molecule is CC1(C)[C@H]2CC[C@]1(C)[C@H](NC[C@H](O)COC[C@H]1CCCO1)C2. The Balaban J connectivity index is 1.37. The highest BCUT2D eigenvalue weighted by Gasteiger charge is 2.60. The van der Waals surface area contributed by atoms with Gasteiger partial charge in [0.25, 0.3) is 0 Å². The summed E-state index contributed by atoms with van der Waals surface area (Å²) in [6.45, 7) is 9.79. The second kappa shape index (κ2) is 6.39. The highest BCUT2D eigenvalue weighted by atomic mass is 16.5. The smallest absolute Gasteiger partial charge is 0.0897 e. The number of hydrogen-bond donors (Lipinski definition) is 2. The van der Waals surface area contributed by atoms with E-state index in [1.165, 1.54) is 19.3 Å². The van der Waals surface area contributed by atoms with Crippen molar-refractivity contribution in [1.29, 1.82) is 0 Å². The van der Waals surface area contributed by atoms with Crippen LogP contribution < -0.4 is 5.32 Å². The number of hydrogen-bond acceptors (Lipinski definition) is 4. The van der Waals surface area contributed by atoms with E-state index in [2.05, 4.69) is 26.1 Å². The van der Waals surface area contributed by atoms with Gasteiger partial charge in [-0.15, -0.1) is 0 Å². The Bertz CT molecular complexity index is 381. The zero-order chi connectivity index (χ0) is 15.8. The van der Waals surface area contributed by atoms with Gasteiger partial charge in [-0.2, -0.15) is 0 Å². The molecule has 3 aliphatic rings. The van der Waals surface area contributed by atoms with Gasteiger partial charge in [0.1, 0.15) is 0 Å². The molecule has 0 radical (unpaired) electrons. The molecular weight excluding hydrogens is 278 g/mol. The van der Waals surface area contributed by atoms with Crippen molar-refractivity contribution >= 4 is 0 Å². The maximum Gasteiger partial charge on any atom is 0.0897 e. The molecule has 0 amide bonds. The van der Waals surface area contributed by atoms with Gasteiger partial charge in [-0.05, 0) is 48.9 Å². The molecule has 1 aliphatic heterocycles. The molecule has 0 aromatic rings. The van der Waals surface area contributed by atoms with Crippen LogP contribution in [0.2, 0.25) is 0 Å². The lowest BCUT2D eigenvalue weighted by atomic mass is 9.69. The van der Waals surface area contributed by atoms with Crippen LogP contribution in [0.5, 0.6) is 0 Å². The monoisotopic (exact) mass is 311 g/mol. The van der Waals surface area contributed by atoms with E-state index >= 15 is 0 Å². The van der Waals surface area contributed by atoms with Crippen molar-refractivity contribution in [2.24, 2.45) is 16.7 Å². The first kappa shape index (κ1) is 16.7. The maximum absolute atomic E-state index is 10.1. The summed E-state index contributed by atoms with van der Waals surface area (Å²) in [6.07, 6.45) is 5.98. The van der Waals surface area contributed by atoms with E-state index in [1.807, 2.05) is 0 Å². The molecule has 2 saturated carbocycles. The lowest BCUT2D eigenvalue weighted by Crippen LogP contribution is -2.47. The minimum atomic E-state index is -0.424. The Morgan fingerprint density at radius 1 is 1.32 bits per heavy atom. The second-order valence-corrected chi connectivity index (χ2v) is 8.40. The number of aliphatic hydroxyl groups excluding tert-OH is 1. The number of nitrogens with one attached hydrogen (secondary N) is 1. The minimum absolute atomic E-state index is 0.241. The number of aliphatic hydroxyl groups is 1. The molecule has 5 atom stereocenters. The quantitative estimate of drug-likeness (QED) is 0.758. The largest absolute Gasteiger partial charge is 0.389 e. The maximum atomic E-state index is 10.1. The van der Waals surface area contributed by atoms with Crippen molar-refractivity contribution in [2.45, 2.75) is 71.1 Å².